The maximum absolute atomic E-state index is 13.1. The van der Waals surface area contributed by atoms with Crippen LogP contribution in [0.3, 0.4) is 0 Å². The zero-order valence-corrected chi connectivity index (χ0v) is 70.5. The highest BCUT2D eigenvalue weighted by Crippen LogP contribution is 2.45. The fraction of sp³-hybridized carbons (Fsp3) is 0.953. The average molecular weight is 1540 g/mol. The van der Waals surface area contributed by atoms with Gasteiger partial charge in [-0.05, 0) is 25.7 Å². The molecule has 0 fully saturated rings. The maximum atomic E-state index is 13.1. The van der Waals surface area contributed by atoms with Crippen LogP contribution in [0.5, 0.6) is 0 Å². The van der Waals surface area contributed by atoms with Crippen LogP contribution in [-0.4, -0.2) is 96.7 Å². The molecule has 17 nitrogen and oxygen atoms in total. The van der Waals surface area contributed by atoms with Crippen LogP contribution in [0, 0.1) is 0 Å². The molecule has 2 unspecified atom stereocenters. The number of aliphatic hydroxyl groups is 1. The minimum atomic E-state index is -4.96. The Morgan fingerprint density at radius 2 is 0.381 bits per heavy atom. The molecule has 19 heteroatoms. The molecule has 0 bridgehead atoms. The number of ether oxygens (including phenoxy) is 4. The molecule has 0 rings (SSSR count). The lowest BCUT2D eigenvalue weighted by Gasteiger charge is -2.21. The number of hydrogen-bond donors (Lipinski definition) is 3. The van der Waals surface area contributed by atoms with Crippen molar-refractivity contribution in [1.82, 2.24) is 0 Å². The summed E-state index contributed by atoms with van der Waals surface area (Å²) in [6.45, 7) is 4.96. The lowest BCUT2D eigenvalue weighted by molar-refractivity contribution is -0.161. The summed E-state index contributed by atoms with van der Waals surface area (Å²) < 4.78 is 68.6. The fourth-order valence-electron chi connectivity index (χ4n) is 13.5. The Balaban J connectivity index is 5.08. The van der Waals surface area contributed by atoms with Crippen molar-refractivity contribution in [3.63, 3.8) is 0 Å². The molecular formula is C86H168O17P2. The molecule has 0 saturated heterocycles. The molecule has 0 aromatic heterocycles. The Morgan fingerprint density at radius 3 is 0.562 bits per heavy atom. The van der Waals surface area contributed by atoms with Crippen LogP contribution in [0.2, 0.25) is 0 Å². The van der Waals surface area contributed by atoms with Crippen molar-refractivity contribution in [1.29, 1.82) is 0 Å². The Hall–Kier alpha value is -1.94. The van der Waals surface area contributed by atoms with Crippen LogP contribution < -0.4 is 0 Å². The van der Waals surface area contributed by atoms with Gasteiger partial charge < -0.3 is 33.8 Å². The second-order valence-corrected chi connectivity index (χ2v) is 33.8. The summed E-state index contributed by atoms with van der Waals surface area (Å²) in [5.74, 6) is -2.11. The normalized spacial score (nSPS) is 13.7. The molecule has 0 heterocycles. The van der Waals surface area contributed by atoms with Gasteiger partial charge in [-0.15, -0.1) is 0 Å². The van der Waals surface area contributed by atoms with Gasteiger partial charge in [0.2, 0.25) is 0 Å². The molecular weight excluding hydrogens is 1370 g/mol. The highest BCUT2D eigenvalue weighted by atomic mass is 31.2. The first-order chi connectivity index (χ1) is 51.2. The third kappa shape index (κ3) is 79.9. The number of phosphoric acid groups is 2. The van der Waals surface area contributed by atoms with Gasteiger partial charge in [0.1, 0.15) is 19.3 Å². The van der Waals surface area contributed by atoms with Gasteiger partial charge in [-0.25, -0.2) is 9.13 Å². The van der Waals surface area contributed by atoms with Crippen molar-refractivity contribution in [3.8, 4) is 0 Å². The predicted molar refractivity (Wildman–Crippen MR) is 432 cm³/mol. The first-order valence-electron chi connectivity index (χ1n) is 44.8. The topological polar surface area (TPSA) is 237 Å². The Bertz CT molecular complexity index is 1980. The third-order valence-corrected chi connectivity index (χ3v) is 22.3. The van der Waals surface area contributed by atoms with Gasteiger partial charge in [0.25, 0.3) is 0 Å². The third-order valence-electron chi connectivity index (χ3n) is 20.4. The van der Waals surface area contributed by atoms with Crippen molar-refractivity contribution in [2.75, 3.05) is 39.6 Å². The zero-order valence-electron chi connectivity index (χ0n) is 68.7. The maximum Gasteiger partial charge on any atom is 0.472 e. The number of carbonyl (C=O) groups excluding carboxylic acids is 4. The summed E-state index contributed by atoms with van der Waals surface area (Å²) in [5, 5.41) is 10.6. The van der Waals surface area contributed by atoms with E-state index in [0.29, 0.717) is 25.7 Å². The number of aliphatic hydroxyl groups excluding tert-OH is 1. The molecule has 0 aliphatic carbocycles. The smallest absolute Gasteiger partial charge is 0.462 e. The number of rotatable bonds is 87. The standard InChI is InChI=1S/C86H168O17P2/c1-5-9-13-17-20-23-26-29-32-35-38-41-44-47-50-53-56-59-63-67-71-84(89)97-77-82(103-86(91)73-69-65-61-58-55-52-49-46-43-40-37-34-31-28-25-22-19-15-11-7-3)79-101-105(94,95)99-75-80(87)74-98-104(92,93)100-78-81(76-96-83(88)70-66-62-16-12-8-4)102-85(90)72-68-64-60-57-54-51-48-45-42-39-36-33-30-27-24-21-18-14-10-6-2/h80-82,87H,5-79H2,1-4H3,(H,92,93)(H,94,95)/t80-,81+,82+/m0/s1. The molecule has 0 aliphatic heterocycles. The molecule has 0 spiro atoms. The quantitative estimate of drug-likeness (QED) is 0.0222. The van der Waals surface area contributed by atoms with Crippen molar-refractivity contribution < 1.29 is 80.2 Å². The van der Waals surface area contributed by atoms with Crippen LogP contribution in [0.15, 0.2) is 0 Å². The summed E-state index contributed by atoms with van der Waals surface area (Å²) in [6.07, 6.45) is 75.7. The predicted octanol–water partition coefficient (Wildman–Crippen LogP) is 26.5. The molecule has 5 atom stereocenters. The first-order valence-corrected chi connectivity index (χ1v) is 47.8. The van der Waals surface area contributed by atoms with E-state index < -0.39 is 97.5 Å². The minimum Gasteiger partial charge on any atom is -0.462 e. The van der Waals surface area contributed by atoms with Crippen molar-refractivity contribution >= 4 is 39.5 Å². The molecule has 0 aromatic rings. The Kier molecular flexibility index (Phi) is 78.6. The van der Waals surface area contributed by atoms with E-state index >= 15 is 0 Å². The fourth-order valence-corrected chi connectivity index (χ4v) is 15.1. The molecule has 3 N–H and O–H groups in total. The summed E-state index contributed by atoms with van der Waals surface area (Å²) >= 11 is 0. The molecule has 105 heavy (non-hydrogen) atoms. The first kappa shape index (κ1) is 103. The number of hydrogen-bond acceptors (Lipinski definition) is 15. The number of carbonyl (C=O) groups is 4. The highest BCUT2D eigenvalue weighted by molar-refractivity contribution is 7.47. The van der Waals surface area contributed by atoms with Crippen LogP contribution in [0.4, 0.5) is 0 Å². The van der Waals surface area contributed by atoms with Crippen molar-refractivity contribution in [2.45, 2.75) is 489 Å². The van der Waals surface area contributed by atoms with Crippen molar-refractivity contribution in [3.05, 3.63) is 0 Å². The largest absolute Gasteiger partial charge is 0.472 e. The second kappa shape index (κ2) is 80.1. The monoisotopic (exact) mass is 1540 g/mol. The van der Waals surface area contributed by atoms with Crippen LogP contribution >= 0.6 is 15.6 Å². The molecule has 0 radical (unpaired) electrons. The molecule has 0 aliphatic rings. The van der Waals surface area contributed by atoms with E-state index in [4.69, 9.17) is 37.0 Å². The average Bonchev–Trinajstić information content (AvgIpc) is 0.925. The molecule has 624 valence electrons. The van der Waals surface area contributed by atoms with Gasteiger partial charge in [0.05, 0.1) is 26.4 Å². The van der Waals surface area contributed by atoms with Gasteiger partial charge in [-0.1, -0.05) is 419 Å². The Morgan fingerprint density at radius 1 is 0.229 bits per heavy atom. The van der Waals surface area contributed by atoms with E-state index in [1.165, 1.54) is 295 Å². The van der Waals surface area contributed by atoms with E-state index in [9.17, 15) is 43.2 Å². The highest BCUT2D eigenvalue weighted by Gasteiger charge is 2.30. The van der Waals surface area contributed by atoms with Gasteiger partial charge in [0, 0.05) is 25.7 Å². The molecule has 0 saturated carbocycles. The lowest BCUT2D eigenvalue weighted by atomic mass is 10.0. The summed E-state index contributed by atoms with van der Waals surface area (Å²) in [7, 11) is -9.91. The molecule has 0 amide bonds. The lowest BCUT2D eigenvalue weighted by Crippen LogP contribution is -2.30. The summed E-state index contributed by atoms with van der Waals surface area (Å²) in [5.41, 5.74) is 0. The van der Waals surface area contributed by atoms with Crippen molar-refractivity contribution in [2.24, 2.45) is 0 Å². The van der Waals surface area contributed by atoms with Gasteiger partial charge >= 0.3 is 39.5 Å². The Labute approximate surface area is 645 Å². The van der Waals surface area contributed by atoms with Crippen LogP contribution in [0.1, 0.15) is 471 Å². The second-order valence-electron chi connectivity index (χ2n) is 30.9. The summed E-state index contributed by atoms with van der Waals surface area (Å²) in [4.78, 5) is 72.9. The minimum absolute atomic E-state index is 0.109. The van der Waals surface area contributed by atoms with E-state index in [-0.39, 0.29) is 25.7 Å². The van der Waals surface area contributed by atoms with Crippen LogP contribution in [0.25, 0.3) is 0 Å². The molecule has 0 aromatic carbocycles. The van der Waals surface area contributed by atoms with Gasteiger partial charge in [0.15, 0.2) is 12.2 Å². The van der Waals surface area contributed by atoms with E-state index in [1.54, 1.807) is 0 Å². The van der Waals surface area contributed by atoms with Gasteiger partial charge in [-0.2, -0.15) is 0 Å². The van der Waals surface area contributed by atoms with E-state index in [1.807, 2.05) is 0 Å². The SMILES string of the molecule is CCCCCCCCCCCCCCCCCCCCCCC(=O)OC[C@H](COP(=O)(O)OC[C@@H](O)COP(=O)(O)OC[C@@H](COC(=O)CCCCCCC)OC(=O)CCCCCCCCCCCCCCCCCCCCCC)OC(=O)CCCCCCCCCCCCCCCCCCCCCC. The number of esters is 4. The number of phosphoric ester groups is 2. The van der Waals surface area contributed by atoms with Gasteiger partial charge in [-0.3, -0.25) is 37.3 Å². The summed E-state index contributed by atoms with van der Waals surface area (Å²) in [6, 6.07) is 0. The number of unbranched alkanes of at least 4 members (excludes halogenated alkanes) is 61. The van der Waals surface area contributed by atoms with Crippen LogP contribution in [-0.2, 0) is 65.4 Å². The van der Waals surface area contributed by atoms with E-state index in [2.05, 4.69) is 27.7 Å². The zero-order chi connectivity index (χ0) is 76.7. The van der Waals surface area contributed by atoms with E-state index in [0.717, 1.165) is 96.3 Å².